The summed E-state index contributed by atoms with van der Waals surface area (Å²) in [5, 5.41) is 5.57. The Labute approximate surface area is 340 Å². The van der Waals surface area contributed by atoms with Gasteiger partial charge in [0, 0.05) is 78.1 Å². The van der Waals surface area contributed by atoms with Crippen LogP contribution in [0.2, 0.25) is 0 Å². The number of hydrogen-bond acceptors (Lipinski definition) is 8. The van der Waals surface area contributed by atoms with E-state index in [2.05, 4.69) is 20.1 Å². The van der Waals surface area contributed by atoms with Crippen LogP contribution in [0.4, 0.5) is 11.4 Å². The van der Waals surface area contributed by atoms with Crippen molar-refractivity contribution in [3.05, 3.63) is 119 Å². The van der Waals surface area contributed by atoms with Crippen LogP contribution in [0.25, 0.3) is 0 Å². The molecule has 0 fully saturated rings. The molecule has 58 heavy (non-hydrogen) atoms. The van der Waals surface area contributed by atoms with Crippen LogP contribution < -0.4 is 15.5 Å². The number of carbonyl (C=O) groups excluding carboxylic acids is 3. The highest BCUT2D eigenvalue weighted by atomic mass is 32.2. The van der Waals surface area contributed by atoms with Gasteiger partial charge in [-0.15, -0.1) is 0 Å². The first kappa shape index (κ1) is 43.9. The lowest BCUT2D eigenvalue weighted by Crippen LogP contribution is -2.34. The number of allylic oxidation sites excluding steroid dienone is 6. The van der Waals surface area contributed by atoms with Gasteiger partial charge in [0.15, 0.2) is 5.71 Å². The fourth-order valence-electron chi connectivity index (χ4n) is 7.58. The molecule has 0 unspecified atom stereocenters. The van der Waals surface area contributed by atoms with Crippen LogP contribution in [0.1, 0.15) is 92.1 Å². The first-order chi connectivity index (χ1) is 27.3. The topological polar surface area (TPSA) is 190 Å². The molecule has 0 bridgehead atoms. The van der Waals surface area contributed by atoms with E-state index in [-0.39, 0.29) is 34.7 Å². The minimum atomic E-state index is -4.43. The Morgan fingerprint density at radius 1 is 0.776 bits per heavy atom. The third kappa shape index (κ3) is 9.72. The molecule has 0 aliphatic carbocycles. The van der Waals surface area contributed by atoms with Gasteiger partial charge < -0.3 is 15.5 Å². The second-order valence-corrected chi connectivity index (χ2v) is 18.1. The molecule has 0 spiro atoms. The summed E-state index contributed by atoms with van der Waals surface area (Å²) in [5.74, 6) is -0.419. The van der Waals surface area contributed by atoms with Crippen LogP contribution >= 0.6 is 0 Å². The number of hydrogen-bond donors (Lipinski definition) is 4. The lowest BCUT2D eigenvalue weighted by molar-refractivity contribution is -0.438. The van der Waals surface area contributed by atoms with Crippen molar-refractivity contribution in [2.75, 3.05) is 31.1 Å². The van der Waals surface area contributed by atoms with Crippen molar-refractivity contribution in [2.45, 2.75) is 80.9 Å². The van der Waals surface area contributed by atoms with Crippen LogP contribution in [0.5, 0.6) is 0 Å². The van der Waals surface area contributed by atoms with Gasteiger partial charge in [-0.1, -0.05) is 44.2 Å². The molecular weight excluding hydrogens is 781 g/mol. The molecule has 0 saturated heterocycles. The Kier molecular flexibility index (Phi) is 13.4. The number of benzene rings is 3. The standard InChI is InChI=1S/C43H50N4O9S2/c1-6-46-36-22-20-32(57(51,52)53)27-34(36)42(2,3)38(46)13-9-7-10-14-39-43(4,5)35-28-33(58(54,55)56)21-23-37(35)47(39)26-12-8-11-15-40(49)44-24-25-45-41(50)31-18-16-30(29-48)17-19-31/h7,9-10,13-14,16-23,27-29H,6,8,11-12,15,24-26H2,1-5H3,(H3-,44,45,49,50,51,52,53,54,55,56)/p+1. The maximum absolute atomic E-state index is 12.5. The van der Waals surface area contributed by atoms with Gasteiger partial charge in [0.25, 0.3) is 26.1 Å². The first-order valence-electron chi connectivity index (χ1n) is 19.1. The summed E-state index contributed by atoms with van der Waals surface area (Å²) >= 11 is 0. The van der Waals surface area contributed by atoms with Crippen molar-refractivity contribution in [3.63, 3.8) is 0 Å². The number of aldehydes is 1. The van der Waals surface area contributed by atoms with Crippen molar-refractivity contribution in [3.8, 4) is 0 Å². The Bertz CT molecular complexity index is 2430. The third-order valence-corrected chi connectivity index (χ3v) is 12.4. The summed E-state index contributed by atoms with van der Waals surface area (Å²) in [6.45, 7) is 11.8. The highest BCUT2D eigenvalue weighted by molar-refractivity contribution is 7.86. The lowest BCUT2D eigenvalue weighted by atomic mass is 9.81. The van der Waals surface area contributed by atoms with Crippen LogP contribution in [0.3, 0.4) is 0 Å². The van der Waals surface area contributed by atoms with Crippen molar-refractivity contribution in [1.29, 1.82) is 0 Å². The highest BCUT2D eigenvalue weighted by Gasteiger charge is 2.45. The van der Waals surface area contributed by atoms with Gasteiger partial charge >= 0.3 is 0 Å². The monoisotopic (exact) mass is 831 g/mol. The zero-order valence-corrected chi connectivity index (χ0v) is 35.0. The van der Waals surface area contributed by atoms with Crippen LogP contribution in [-0.4, -0.2) is 80.5 Å². The molecule has 2 heterocycles. The van der Waals surface area contributed by atoms with E-state index in [4.69, 9.17) is 0 Å². The summed E-state index contributed by atoms with van der Waals surface area (Å²) in [5.41, 5.74) is 4.87. The zero-order chi connectivity index (χ0) is 42.5. The van der Waals surface area contributed by atoms with Gasteiger partial charge in [-0.3, -0.25) is 23.5 Å². The van der Waals surface area contributed by atoms with Gasteiger partial charge in [0.1, 0.15) is 12.8 Å². The maximum atomic E-state index is 12.5. The third-order valence-electron chi connectivity index (χ3n) is 10.7. The molecule has 0 atom stereocenters. The fraction of sp³-hybridized carbons (Fsp3) is 0.349. The molecule has 0 radical (unpaired) electrons. The maximum Gasteiger partial charge on any atom is 0.294 e. The largest absolute Gasteiger partial charge is 0.354 e. The average molecular weight is 832 g/mol. The van der Waals surface area contributed by atoms with Crippen LogP contribution in [0, 0.1) is 0 Å². The number of unbranched alkanes of at least 4 members (excludes halogenated alkanes) is 2. The molecule has 15 heteroatoms. The Hall–Kier alpha value is -5.22. The number of rotatable bonds is 17. The predicted octanol–water partition coefficient (Wildman–Crippen LogP) is 6.29. The molecular formula is C43H51N4O9S2+. The molecule has 0 saturated carbocycles. The molecule has 13 nitrogen and oxygen atoms in total. The van der Waals surface area contributed by atoms with Crippen molar-refractivity contribution >= 4 is 55.4 Å². The first-order valence-corrected chi connectivity index (χ1v) is 22.0. The highest BCUT2D eigenvalue weighted by Crippen LogP contribution is 2.48. The summed E-state index contributed by atoms with van der Waals surface area (Å²) in [7, 11) is -8.79. The SMILES string of the molecule is CCN1/C(=C/C=C/C=C/C2=[N+](CCCCCC(=O)NCCNC(=O)c3ccc(C=O)cc3)c3ccc(S(=O)(=O)O)cc3C2(C)C)C(C)(C)c2cc(S(=O)(=O)O)ccc21. The average Bonchev–Trinajstić information content (AvgIpc) is 3.52. The molecule has 3 aromatic rings. The van der Waals surface area contributed by atoms with Gasteiger partial charge in [-0.05, 0) is 87.7 Å². The molecule has 308 valence electrons. The summed E-state index contributed by atoms with van der Waals surface area (Å²) < 4.78 is 69.5. The van der Waals surface area contributed by atoms with Gasteiger partial charge in [-0.25, -0.2) is 0 Å². The Morgan fingerprint density at radius 3 is 2.05 bits per heavy atom. The smallest absolute Gasteiger partial charge is 0.294 e. The number of fused-ring (bicyclic) bond motifs is 2. The lowest BCUT2D eigenvalue weighted by Gasteiger charge is -2.25. The second kappa shape index (κ2) is 17.7. The minimum Gasteiger partial charge on any atom is -0.354 e. The number of amides is 2. The van der Waals surface area contributed by atoms with E-state index in [1.165, 1.54) is 24.3 Å². The molecule has 2 amide bonds. The van der Waals surface area contributed by atoms with E-state index in [1.807, 2.05) is 65.0 Å². The molecule has 0 aromatic heterocycles. The van der Waals surface area contributed by atoms with Gasteiger partial charge in [-0.2, -0.15) is 21.4 Å². The zero-order valence-electron chi connectivity index (χ0n) is 33.4. The summed E-state index contributed by atoms with van der Waals surface area (Å²) in [6, 6.07) is 15.5. The van der Waals surface area contributed by atoms with E-state index in [9.17, 15) is 40.3 Å². The van der Waals surface area contributed by atoms with Crippen LogP contribution in [0.15, 0.2) is 107 Å². The van der Waals surface area contributed by atoms with Crippen molar-refractivity contribution in [2.24, 2.45) is 0 Å². The Morgan fingerprint density at radius 2 is 1.41 bits per heavy atom. The number of anilines is 1. The van der Waals surface area contributed by atoms with E-state index in [1.54, 1.807) is 36.4 Å². The number of nitrogens with zero attached hydrogens (tertiary/aromatic N) is 2. The van der Waals surface area contributed by atoms with E-state index in [0.717, 1.165) is 46.8 Å². The minimum absolute atomic E-state index is 0.123. The van der Waals surface area contributed by atoms with E-state index >= 15 is 0 Å². The predicted molar refractivity (Wildman–Crippen MR) is 223 cm³/mol. The summed E-state index contributed by atoms with van der Waals surface area (Å²) in [4.78, 5) is 37.4. The molecule has 5 rings (SSSR count). The van der Waals surface area contributed by atoms with Crippen molar-refractivity contribution < 1.29 is 44.9 Å². The van der Waals surface area contributed by atoms with E-state index < -0.39 is 31.1 Å². The quantitative estimate of drug-likeness (QED) is 0.0396. The van der Waals surface area contributed by atoms with Gasteiger partial charge in [0.05, 0.1) is 15.2 Å². The molecule has 2 aliphatic heterocycles. The Balaban J connectivity index is 1.24. The number of nitrogens with one attached hydrogen (secondary N) is 2. The van der Waals surface area contributed by atoms with E-state index in [0.29, 0.717) is 43.3 Å². The molecule has 3 aromatic carbocycles. The summed E-state index contributed by atoms with van der Waals surface area (Å²) in [6.07, 6.45) is 12.8. The fourth-order valence-corrected chi connectivity index (χ4v) is 8.60. The molecule has 2 aliphatic rings. The van der Waals surface area contributed by atoms with Gasteiger partial charge in [0.2, 0.25) is 11.6 Å². The normalized spacial score (nSPS) is 16.6. The number of carbonyl (C=O) groups is 3. The number of likely N-dealkylation sites (N-methyl/N-ethyl adjacent to an activating group) is 1. The van der Waals surface area contributed by atoms with Crippen LogP contribution in [-0.2, 0) is 35.9 Å². The molecule has 4 N–H and O–H groups in total. The van der Waals surface area contributed by atoms with Crippen molar-refractivity contribution in [1.82, 2.24) is 10.6 Å². The second-order valence-electron chi connectivity index (χ2n) is 15.3.